The number of aromatic nitrogens is 3. The molecule has 128 valence electrons. The molecule has 4 nitrogen and oxygen atoms in total. The van der Waals surface area contributed by atoms with Gasteiger partial charge in [-0.15, -0.1) is 0 Å². The molecule has 0 unspecified atom stereocenters. The number of thioether (sulfide) groups is 2. The lowest BCUT2D eigenvalue weighted by molar-refractivity contribution is -0.0328. The van der Waals surface area contributed by atoms with Gasteiger partial charge in [-0.3, -0.25) is 9.78 Å². The lowest BCUT2D eigenvalue weighted by Crippen LogP contribution is -2.15. The fraction of sp³-hybridized carbons (Fsp3) is 0.400. The normalized spacial score (nSPS) is 14.0. The Hall–Kier alpha value is -1.48. The summed E-state index contributed by atoms with van der Waals surface area (Å²) in [4.78, 5) is 23.3. The van der Waals surface area contributed by atoms with Gasteiger partial charge in [0.1, 0.15) is 0 Å². The van der Waals surface area contributed by atoms with Gasteiger partial charge in [-0.2, -0.15) is 13.2 Å². The molecule has 24 heavy (non-hydrogen) atoms. The van der Waals surface area contributed by atoms with E-state index in [9.17, 15) is 18.0 Å². The minimum atomic E-state index is -4.35. The van der Waals surface area contributed by atoms with Crippen LogP contribution in [0.15, 0.2) is 27.1 Å². The summed E-state index contributed by atoms with van der Waals surface area (Å²) < 4.78 is 38.1. The topological polar surface area (TPSA) is 58.6 Å². The third kappa shape index (κ3) is 3.94. The number of alkyl halides is 3. The summed E-state index contributed by atoms with van der Waals surface area (Å²) in [5, 5.41) is 0.437. The fourth-order valence-electron chi connectivity index (χ4n) is 2.60. The van der Waals surface area contributed by atoms with Crippen molar-refractivity contribution in [1.29, 1.82) is 0 Å². The average molecular weight is 373 g/mol. The minimum absolute atomic E-state index is 0.131. The van der Waals surface area contributed by atoms with E-state index in [1.165, 1.54) is 24.0 Å². The second kappa shape index (κ2) is 6.79. The third-order valence-corrected chi connectivity index (χ3v) is 5.46. The van der Waals surface area contributed by atoms with E-state index in [1.807, 2.05) is 0 Å². The van der Waals surface area contributed by atoms with Gasteiger partial charge in [0.15, 0.2) is 5.16 Å². The minimum Gasteiger partial charge on any atom is -0.301 e. The number of fused-ring (bicyclic) bond motifs is 1. The van der Waals surface area contributed by atoms with E-state index in [4.69, 9.17) is 0 Å². The Bertz CT molecular complexity index is 821. The number of aryl methyl sites for hydroxylation is 2. The molecule has 0 saturated heterocycles. The van der Waals surface area contributed by atoms with Crippen molar-refractivity contribution in [2.45, 2.75) is 47.5 Å². The molecule has 1 aliphatic carbocycles. The van der Waals surface area contributed by atoms with Crippen molar-refractivity contribution in [3.63, 3.8) is 0 Å². The molecule has 0 fully saturated rings. The van der Waals surface area contributed by atoms with E-state index in [1.54, 1.807) is 6.92 Å². The Kier molecular flexibility index (Phi) is 4.91. The van der Waals surface area contributed by atoms with E-state index >= 15 is 0 Å². The number of rotatable bonds is 4. The first kappa shape index (κ1) is 17.3. The summed E-state index contributed by atoms with van der Waals surface area (Å²) in [6, 6.07) is 1.36. The highest BCUT2D eigenvalue weighted by atomic mass is 32.2. The predicted octanol–water partition coefficient (Wildman–Crippen LogP) is 3.87. The van der Waals surface area contributed by atoms with Crippen molar-refractivity contribution in [2.24, 2.45) is 0 Å². The van der Waals surface area contributed by atoms with Gasteiger partial charge in [0.05, 0.1) is 5.69 Å². The number of aromatic amines is 1. The first-order valence-corrected chi connectivity index (χ1v) is 9.09. The van der Waals surface area contributed by atoms with Crippen LogP contribution in [0.4, 0.5) is 13.2 Å². The second-order valence-electron chi connectivity index (χ2n) is 5.36. The number of H-pyrrole nitrogens is 1. The van der Waals surface area contributed by atoms with Gasteiger partial charge in [-0.05, 0) is 49.6 Å². The molecule has 1 N–H and O–H groups in total. The fourth-order valence-corrected chi connectivity index (χ4v) is 4.39. The van der Waals surface area contributed by atoms with E-state index in [0.717, 1.165) is 30.5 Å². The molecule has 2 aromatic rings. The van der Waals surface area contributed by atoms with Crippen LogP contribution < -0.4 is 5.56 Å². The number of nitrogens with one attached hydrogen (secondary N) is 1. The average Bonchev–Trinajstić information content (AvgIpc) is 2.94. The van der Waals surface area contributed by atoms with E-state index in [0.29, 0.717) is 16.4 Å². The SMILES string of the molecule is Cc1nccc(SC(F)(F)F)c1CSc1nc2c(c(=O)[nH]1)CCC2. The summed E-state index contributed by atoms with van der Waals surface area (Å²) in [6.45, 7) is 1.68. The number of hydrogen-bond donors (Lipinski definition) is 1. The van der Waals surface area contributed by atoms with E-state index < -0.39 is 5.51 Å². The molecule has 0 radical (unpaired) electrons. The third-order valence-electron chi connectivity index (χ3n) is 3.73. The van der Waals surface area contributed by atoms with Crippen molar-refractivity contribution in [3.8, 4) is 0 Å². The van der Waals surface area contributed by atoms with Crippen LogP contribution in [0.2, 0.25) is 0 Å². The van der Waals surface area contributed by atoms with Crippen LogP contribution >= 0.6 is 23.5 Å². The summed E-state index contributed by atoms with van der Waals surface area (Å²) >= 11 is 1.07. The van der Waals surface area contributed by atoms with E-state index in [2.05, 4.69) is 15.0 Å². The molecule has 0 aromatic carbocycles. The van der Waals surface area contributed by atoms with Crippen LogP contribution in [-0.4, -0.2) is 20.5 Å². The van der Waals surface area contributed by atoms with Gasteiger partial charge in [-0.1, -0.05) is 11.8 Å². The maximum absolute atomic E-state index is 12.7. The van der Waals surface area contributed by atoms with Gasteiger partial charge in [0.2, 0.25) is 0 Å². The van der Waals surface area contributed by atoms with Crippen molar-refractivity contribution < 1.29 is 13.2 Å². The van der Waals surface area contributed by atoms with Gasteiger partial charge >= 0.3 is 5.51 Å². The molecule has 0 bridgehead atoms. The molecular formula is C15H14F3N3OS2. The standard InChI is InChI=1S/C15H14F3N3OS2/c1-8-10(12(5-6-19-8)24-15(16,17)18)7-23-14-20-11-4-2-3-9(11)13(22)21-14/h5-6H,2-4,7H2,1H3,(H,20,21,22). The van der Waals surface area contributed by atoms with Gasteiger partial charge in [0.25, 0.3) is 5.56 Å². The molecular weight excluding hydrogens is 359 g/mol. The van der Waals surface area contributed by atoms with Crippen LogP contribution in [0.5, 0.6) is 0 Å². The number of hydrogen-bond acceptors (Lipinski definition) is 5. The molecule has 0 atom stereocenters. The monoisotopic (exact) mass is 373 g/mol. The molecule has 0 saturated carbocycles. The van der Waals surface area contributed by atoms with Gasteiger partial charge < -0.3 is 4.98 Å². The van der Waals surface area contributed by atoms with E-state index in [-0.39, 0.29) is 28.0 Å². The Morgan fingerprint density at radius 3 is 2.88 bits per heavy atom. The molecule has 2 aromatic heterocycles. The zero-order valence-corrected chi connectivity index (χ0v) is 14.4. The maximum atomic E-state index is 12.7. The Balaban J connectivity index is 1.82. The quantitative estimate of drug-likeness (QED) is 0.651. The van der Waals surface area contributed by atoms with Crippen molar-refractivity contribution >= 4 is 23.5 Å². The molecule has 0 aliphatic heterocycles. The zero-order valence-electron chi connectivity index (χ0n) is 12.7. The van der Waals surface area contributed by atoms with Crippen molar-refractivity contribution in [2.75, 3.05) is 0 Å². The van der Waals surface area contributed by atoms with Crippen LogP contribution in [0.1, 0.15) is 28.9 Å². The Labute approximate surface area is 144 Å². The highest BCUT2D eigenvalue weighted by molar-refractivity contribution is 8.00. The largest absolute Gasteiger partial charge is 0.446 e. The lowest BCUT2D eigenvalue weighted by Gasteiger charge is -2.12. The summed E-state index contributed by atoms with van der Waals surface area (Å²) in [5.41, 5.74) is -1.92. The van der Waals surface area contributed by atoms with Gasteiger partial charge in [0, 0.05) is 28.1 Å². The first-order chi connectivity index (χ1) is 11.3. The van der Waals surface area contributed by atoms with Crippen LogP contribution in [0.3, 0.4) is 0 Å². The van der Waals surface area contributed by atoms with Crippen LogP contribution in [0, 0.1) is 6.92 Å². The molecule has 1 aliphatic rings. The molecule has 0 spiro atoms. The second-order valence-corrected chi connectivity index (χ2v) is 7.43. The first-order valence-electron chi connectivity index (χ1n) is 7.28. The Morgan fingerprint density at radius 2 is 2.12 bits per heavy atom. The molecule has 0 amide bonds. The summed E-state index contributed by atoms with van der Waals surface area (Å²) in [6.07, 6.45) is 3.78. The Morgan fingerprint density at radius 1 is 1.33 bits per heavy atom. The van der Waals surface area contributed by atoms with Crippen molar-refractivity contribution in [1.82, 2.24) is 15.0 Å². The maximum Gasteiger partial charge on any atom is 0.446 e. The molecule has 2 heterocycles. The lowest BCUT2D eigenvalue weighted by atomic mass is 10.2. The smallest absolute Gasteiger partial charge is 0.301 e. The summed E-state index contributed by atoms with van der Waals surface area (Å²) in [7, 11) is 0. The number of pyridine rings is 1. The zero-order chi connectivity index (χ0) is 17.3. The predicted molar refractivity (Wildman–Crippen MR) is 87.3 cm³/mol. The van der Waals surface area contributed by atoms with Crippen molar-refractivity contribution in [3.05, 3.63) is 45.1 Å². The van der Waals surface area contributed by atoms with Gasteiger partial charge in [-0.25, -0.2) is 4.98 Å². The number of nitrogens with zero attached hydrogens (tertiary/aromatic N) is 2. The highest BCUT2D eigenvalue weighted by Gasteiger charge is 2.30. The molecule has 3 rings (SSSR count). The summed E-state index contributed by atoms with van der Waals surface area (Å²) in [5.74, 6) is 0.264. The number of halogens is 3. The van der Waals surface area contributed by atoms with Crippen LogP contribution in [-0.2, 0) is 18.6 Å². The molecule has 9 heteroatoms. The highest BCUT2D eigenvalue weighted by Crippen LogP contribution is 2.40. The van der Waals surface area contributed by atoms with Crippen LogP contribution in [0.25, 0.3) is 0 Å².